The smallest absolute Gasteiger partial charge is 0.296 e. The number of ether oxygens (including phenoxy) is 1. The van der Waals surface area contributed by atoms with E-state index in [0.717, 1.165) is 32.4 Å². The van der Waals surface area contributed by atoms with Crippen molar-refractivity contribution in [3.8, 4) is 5.82 Å². The maximum Gasteiger partial charge on any atom is 0.296 e. The molecule has 186 valence electrons. The van der Waals surface area contributed by atoms with E-state index in [1.807, 2.05) is 9.80 Å². The van der Waals surface area contributed by atoms with Crippen LogP contribution in [-0.2, 0) is 9.53 Å². The average molecular weight is 486 g/mol. The van der Waals surface area contributed by atoms with Crippen molar-refractivity contribution in [2.24, 2.45) is 0 Å². The Bertz CT molecular complexity index is 1190. The van der Waals surface area contributed by atoms with Gasteiger partial charge in [-0.25, -0.2) is 13.8 Å². The maximum absolute atomic E-state index is 14.0. The van der Waals surface area contributed by atoms with Gasteiger partial charge in [-0.1, -0.05) is 12.1 Å². The van der Waals surface area contributed by atoms with E-state index in [1.54, 1.807) is 37.3 Å². The number of anilines is 2. The number of hydrogen-bond acceptors (Lipinski definition) is 7. The minimum atomic E-state index is -2.79. The number of fused-ring (bicyclic) bond motifs is 1. The quantitative estimate of drug-likeness (QED) is 0.573. The number of alkyl halides is 2. The number of hydrogen-bond donors (Lipinski definition) is 1. The van der Waals surface area contributed by atoms with Crippen molar-refractivity contribution >= 4 is 28.7 Å². The molecule has 1 atom stereocenters. The predicted molar refractivity (Wildman–Crippen MR) is 128 cm³/mol. The highest BCUT2D eigenvalue weighted by molar-refractivity contribution is 5.84. The molecule has 1 aromatic carbocycles. The second-order valence-electron chi connectivity index (χ2n) is 8.85. The van der Waals surface area contributed by atoms with Gasteiger partial charge in [-0.3, -0.25) is 9.36 Å². The zero-order valence-corrected chi connectivity index (χ0v) is 19.7. The zero-order chi connectivity index (χ0) is 24.4. The summed E-state index contributed by atoms with van der Waals surface area (Å²) in [5.74, 6) is 0.649. The molecule has 4 heterocycles. The number of halogens is 2. The van der Waals surface area contributed by atoms with Crippen LogP contribution in [0.15, 0.2) is 30.3 Å². The fourth-order valence-electron chi connectivity index (χ4n) is 4.63. The number of nitrogens with one attached hydrogen (secondary N) is 1. The largest absolute Gasteiger partial charge is 0.378 e. The van der Waals surface area contributed by atoms with Gasteiger partial charge in [0.05, 0.1) is 24.2 Å². The maximum atomic E-state index is 14.0. The summed E-state index contributed by atoms with van der Waals surface area (Å²) in [5, 5.41) is 3.12. The van der Waals surface area contributed by atoms with Crippen LogP contribution < -0.4 is 10.2 Å². The van der Waals surface area contributed by atoms with Crippen molar-refractivity contribution in [3.63, 3.8) is 0 Å². The summed E-state index contributed by atoms with van der Waals surface area (Å²) >= 11 is 0. The molecule has 0 unspecified atom stereocenters. The minimum Gasteiger partial charge on any atom is -0.378 e. The molecule has 2 saturated heterocycles. The summed E-state index contributed by atoms with van der Waals surface area (Å²) in [7, 11) is 0. The van der Waals surface area contributed by atoms with Gasteiger partial charge in [-0.2, -0.15) is 9.97 Å². The normalized spacial score (nSPS) is 17.7. The highest BCUT2D eigenvalue weighted by Gasteiger charge is 2.26. The van der Waals surface area contributed by atoms with E-state index in [9.17, 15) is 13.6 Å². The Balaban J connectivity index is 1.54. The number of benzene rings is 1. The van der Waals surface area contributed by atoms with Crippen molar-refractivity contribution in [2.75, 3.05) is 49.6 Å². The molecule has 2 aliphatic heterocycles. The van der Waals surface area contributed by atoms with Crippen molar-refractivity contribution < 1.29 is 18.3 Å². The van der Waals surface area contributed by atoms with Crippen LogP contribution in [0.4, 0.5) is 20.5 Å². The van der Waals surface area contributed by atoms with Gasteiger partial charge in [0, 0.05) is 32.2 Å². The molecule has 9 nitrogen and oxygen atoms in total. The highest BCUT2D eigenvalue weighted by atomic mass is 19.3. The Morgan fingerprint density at radius 2 is 1.71 bits per heavy atom. The van der Waals surface area contributed by atoms with Gasteiger partial charge < -0.3 is 19.9 Å². The molecule has 2 aliphatic rings. The zero-order valence-electron chi connectivity index (χ0n) is 19.7. The number of nitrogens with zero attached hydrogens (tertiary/aromatic N) is 6. The van der Waals surface area contributed by atoms with Crippen LogP contribution in [-0.4, -0.2) is 75.8 Å². The monoisotopic (exact) mass is 485 g/mol. The topological polar surface area (TPSA) is 88.4 Å². The molecular weight excluding hydrogens is 456 g/mol. The van der Waals surface area contributed by atoms with Crippen LogP contribution in [0.25, 0.3) is 16.9 Å². The summed E-state index contributed by atoms with van der Waals surface area (Å²) in [6, 6.07) is 8.09. The molecule has 1 N–H and O–H groups in total. The lowest BCUT2D eigenvalue weighted by Crippen LogP contribution is -2.44. The third-order valence-electron chi connectivity index (χ3n) is 6.43. The van der Waals surface area contributed by atoms with E-state index in [2.05, 4.69) is 20.3 Å². The van der Waals surface area contributed by atoms with E-state index < -0.39 is 12.5 Å². The number of carbonyl (C=O) groups is 1. The molecular formula is C24H29F2N7O2. The number of likely N-dealkylation sites (tertiary alicyclic amines) is 1. The summed E-state index contributed by atoms with van der Waals surface area (Å²) in [4.78, 5) is 30.2. The van der Waals surface area contributed by atoms with E-state index >= 15 is 0 Å². The first-order valence-electron chi connectivity index (χ1n) is 12.0. The Kier molecular flexibility index (Phi) is 6.76. The van der Waals surface area contributed by atoms with Crippen LogP contribution in [0.3, 0.4) is 0 Å². The van der Waals surface area contributed by atoms with E-state index in [0.29, 0.717) is 43.2 Å². The van der Waals surface area contributed by atoms with Crippen molar-refractivity contribution in [2.45, 2.75) is 38.7 Å². The summed E-state index contributed by atoms with van der Waals surface area (Å²) < 4.78 is 34.8. The molecule has 0 aliphatic carbocycles. The number of morpholine rings is 1. The molecule has 0 bridgehead atoms. The van der Waals surface area contributed by atoms with Crippen molar-refractivity contribution in [1.82, 2.24) is 24.4 Å². The Morgan fingerprint density at radius 1 is 1.00 bits per heavy atom. The molecule has 3 aromatic rings. The van der Waals surface area contributed by atoms with Gasteiger partial charge in [-0.05, 0) is 38.3 Å². The van der Waals surface area contributed by atoms with Crippen LogP contribution in [0.2, 0.25) is 0 Å². The average Bonchev–Trinajstić information content (AvgIpc) is 3.29. The number of para-hydroxylation sites is 2. The fraction of sp³-hybridized carbons (Fsp3) is 0.500. The Labute approximate surface area is 202 Å². The molecule has 2 fully saturated rings. The van der Waals surface area contributed by atoms with Gasteiger partial charge in [0.2, 0.25) is 11.9 Å². The lowest BCUT2D eigenvalue weighted by Gasteiger charge is -2.30. The van der Waals surface area contributed by atoms with Crippen molar-refractivity contribution in [1.29, 1.82) is 0 Å². The molecule has 5 rings (SSSR count). The lowest BCUT2D eigenvalue weighted by atomic mass is 10.1. The van der Waals surface area contributed by atoms with Crippen LogP contribution >= 0.6 is 0 Å². The van der Waals surface area contributed by atoms with Crippen molar-refractivity contribution in [3.05, 3.63) is 36.2 Å². The SMILES string of the molecule is C[C@H](Nc1nc(N2CCOCC2)cc(-n2c(C(F)F)nc3ccccc32)n1)C(=O)N1CCCCC1. The molecule has 1 amide bonds. The number of aromatic nitrogens is 4. The van der Waals surface area contributed by atoms with Gasteiger partial charge in [0.15, 0.2) is 5.82 Å². The van der Waals surface area contributed by atoms with E-state index in [1.165, 1.54) is 4.57 Å². The Hall–Kier alpha value is -3.34. The molecule has 2 aromatic heterocycles. The Morgan fingerprint density at radius 3 is 2.46 bits per heavy atom. The van der Waals surface area contributed by atoms with Gasteiger partial charge >= 0.3 is 0 Å². The van der Waals surface area contributed by atoms with Gasteiger partial charge in [-0.15, -0.1) is 0 Å². The third kappa shape index (κ3) is 4.90. The standard InChI is InChI=1S/C24H29F2N7O2/c1-16(23(34)32-9-5-2-6-10-32)27-24-29-19(31-11-13-35-14-12-31)15-20(30-24)33-18-8-4-3-7-17(18)28-22(33)21(25)26/h3-4,7-8,15-16,21H,2,5-6,9-14H2,1H3,(H,27,29,30)/t16-/m0/s1. The van der Waals surface area contributed by atoms with Crippen LogP contribution in [0, 0.1) is 0 Å². The number of rotatable bonds is 6. The number of piperidine rings is 1. The molecule has 0 radical (unpaired) electrons. The number of imidazole rings is 1. The van der Waals surface area contributed by atoms with Gasteiger partial charge in [0.1, 0.15) is 17.7 Å². The lowest BCUT2D eigenvalue weighted by molar-refractivity contribution is -0.132. The third-order valence-corrected chi connectivity index (χ3v) is 6.43. The first kappa shape index (κ1) is 23.4. The predicted octanol–water partition coefficient (Wildman–Crippen LogP) is 3.40. The summed E-state index contributed by atoms with van der Waals surface area (Å²) in [5.41, 5.74) is 0.982. The van der Waals surface area contributed by atoms with Crippen LogP contribution in [0.1, 0.15) is 38.4 Å². The second kappa shape index (κ2) is 10.1. The molecule has 0 saturated carbocycles. The number of amides is 1. The fourth-order valence-corrected chi connectivity index (χ4v) is 4.63. The summed E-state index contributed by atoms with van der Waals surface area (Å²) in [6.45, 7) is 5.57. The van der Waals surface area contributed by atoms with E-state index in [4.69, 9.17) is 4.74 Å². The minimum absolute atomic E-state index is 0.0204. The highest BCUT2D eigenvalue weighted by Crippen LogP contribution is 2.29. The molecule has 0 spiro atoms. The number of carbonyl (C=O) groups excluding carboxylic acids is 1. The van der Waals surface area contributed by atoms with Gasteiger partial charge in [0.25, 0.3) is 6.43 Å². The molecule has 11 heteroatoms. The second-order valence-corrected chi connectivity index (χ2v) is 8.85. The first-order chi connectivity index (χ1) is 17.0. The first-order valence-corrected chi connectivity index (χ1v) is 12.0. The van der Waals surface area contributed by atoms with E-state index in [-0.39, 0.29) is 23.5 Å². The molecule has 35 heavy (non-hydrogen) atoms. The summed E-state index contributed by atoms with van der Waals surface area (Å²) in [6.07, 6.45) is 0.330. The van der Waals surface area contributed by atoms with Crippen LogP contribution in [0.5, 0.6) is 0 Å².